The van der Waals surface area contributed by atoms with Gasteiger partial charge in [0.25, 0.3) is 5.88 Å². The Kier molecular flexibility index (Phi) is 8.90. The number of hydrogen-bond acceptors (Lipinski definition) is 13. The lowest BCUT2D eigenvalue weighted by atomic mass is 9.89. The molecule has 2 bridgehead atoms. The van der Waals surface area contributed by atoms with Crippen LogP contribution < -0.4 is 14.8 Å². The highest BCUT2D eigenvalue weighted by molar-refractivity contribution is 5.67. The molecule has 7 rings (SSSR count). The van der Waals surface area contributed by atoms with E-state index in [1.807, 2.05) is 29.9 Å². The fraction of sp³-hybridized carbons (Fsp3) is 0.500. The summed E-state index contributed by atoms with van der Waals surface area (Å²) in [6.45, 7) is 3.92. The van der Waals surface area contributed by atoms with E-state index in [1.54, 1.807) is 29.2 Å². The van der Waals surface area contributed by atoms with Crippen LogP contribution in [0.25, 0.3) is 11.1 Å². The van der Waals surface area contributed by atoms with Gasteiger partial charge in [-0.1, -0.05) is 6.07 Å². The molecule has 1 aromatic carbocycles. The van der Waals surface area contributed by atoms with Crippen LogP contribution in [0.3, 0.4) is 0 Å². The van der Waals surface area contributed by atoms with Crippen molar-refractivity contribution < 1.29 is 14.2 Å². The average molecular weight is 637 g/mol. The van der Waals surface area contributed by atoms with Crippen molar-refractivity contribution in [2.24, 2.45) is 0 Å². The number of hydrogen-bond donors (Lipinski definition) is 1. The van der Waals surface area contributed by atoms with Gasteiger partial charge < -0.3 is 19.5 Å². The van der Waals surface area contributed by atoms with E-state index in [4.69, 9.17) is 24.6 Å². The first-order chi connectivity index (χ1) is 23.1. The summed E-state index contributed by atoms with van der Waals surface area (Å²) in [5, 5.41) is 37.9. The summed E-state index contributed by atoms with van der Waals surface area (Å²) in [5.41, 5.74) is 2.57. The SMILES string of the molecule is CC(Cn1cnnn1)Oc1cc(-c2cnc(Nc3cn(C4CCC(N5[C@@H]6CC[C@H]5COC6)CC4)nc3OCC#N)nc2)ccc1C#N. The molecule has 0 radical (unpaired) electrons. The molecule has 3 aromatic heterocycles. The largest absolute Gasteiger partial charge is 0.487 e. The van der Waals surface area contributed by atoms with E-state index in [-0.39, 0.29) is 18.8 Å². The molecule has 15 nitrogen and oxygen atoms in total. The van der Waals surface area contributed by atoms with Gasteiger partial charge >= 0.3 is 0 Å². The first-order valence-corrected chi connectivity index (χ1v) is 16.0. The molecule has 1 N–H and O–H groups in total. The molecule has 47 heavy (non-hydrogen) atoms. The molecule has 3 fully saturated rings. The number of nitriles is 2. The molecule has 242 valence electrons. The molecule has 4 aromatic rings. The number of rotatable bonds is 11. The molecule has 1 unspecified atom stereocenters. The number of nitrogens with one attached hydrogen (secondary N) is 1. The zero-order valence-electron chi connectivity index (χ0n) is 26.1. The fourth-order valence-electron chi connectivity index (χ4n) is 7.07. The van der Waals surface area contributed by atoms with Crippen molar-refractivity contribution in [3.63, 3.8) is 0 Å². The third-order valence-corrected chi connectivity index (χ3v) is 9.23. The van der Waals surface area contributed by atoms with Crippen molar-refractivity contribution in [2.75, 3.05) is 25.1 Å². The molecule has 3 aliphatic rings. The Morgan fingerprint density at radius 2 is 1.74 bits per heavy atom. The minimum Gasteiger partial charge on any atom is -0.487 e. The van der Waals surface area contributed by atoms with Crippen LogP contribution in [-0.4, -0.2) is 88.9 Å². The summed E-state index contributed by atoms with van der Waals surface area (Å²) in [6.07, 6.45) is 13.3. The van der Waals surface area contributed by atoms with Crippen molar-refractivity contribution >= 4 is 11.6 Å². The maximum Gasteiger partial charge on any atom is 0.257 e. The Labute approximate surface area is 272 Å². The van der Waals surface area contributed by atoms with E-state index in [0.717, 1.165) is 50.0 Å². The number of aromatic nitrogens is 8. The minimum absolute atomic E-state index is 0.116. The highest BCUT2D eigenvalue weighted by atomic mass is 16.5. The Bertz CT molecular complexity index is 1720. The van der Waals surface area contributed by atoms with Gasteiger partial charge in [-0.3, -0.25) is 9.58 Å². The van der Waals surface area contributed by atoms with Crippen LogP contribution in [0.2, 0.25) is 0 Å². The molecular weight excluding hydrogens is 600 g/mol. The topological polar surface area (TPSA) is 178 Å². The smallest absolute Gasteiger partial charge is 0.257 e. The first kappa shape index (κ1) is 30.5. The van der Waals surface area contributed by atoms with Gasteiger partial charge in [-0.15, -0.1) is 10.2 Å². The number of anilines is 2. The van der Waals surface area contributed by atoms with Gasteiger partial charge in [-0.25, -0.2) is 14.6 Å². The predicted octanol–water partition coefficient (Wildman–Crippen LogP) is 3.66. The van der Waals surface area contributed by atoms with Crippen LogP contribution in [0, 0.1) is 22.7 Å². The number of morpholine rings is 1. The van der Waals surface area contributed by atoms with Gasteiger partial charge in [-0.2, -0.15) is 10.5 Å². The average Bonchev–Trinajstić information content (AvgIpc) is 3.82. The van der Waals surface area contributed by atoms with Crippen molar-refractivity contribution in [1.29, 1.82) is 10.5 Å². The molecule has 5 heterocycles. The first-order valence-electron chi connectivity index (χ1n) is 16.0. The molecular formula is C32H36N12O3. The molecule has 15 heteroatoms. The Hall–Kier alpha value is -5.12. The van der Waals surface area contributed by atoms with E-state index >= 15 is 0 Å². The zero-order valence-corrected chi connectivity index (χ0v) is 26.1. The highest BCUT2D eigenvalue weighted by Crippen LogP contribution is 2.39. The monoisotopic (exact) mass is 636 g/mol. The van der Waals surface area contributed by atoms with Gasteiger partial charge in [0.15, 0.2) is 6.61 Å². The second-order valence-corrected chi connectivity index (χ2v) is 12.3. The predicted molar refractivity (Wildman–Crippen MR) is 167 cm³/mol. The normalized spacial score (nSPS) is 23.0. The quantitative estimate of drug-likeness (QED) is 0.252. The molecule has 1 aliphatic carbocycles. The standard InChI is InChI=1S/C32H36N12O3/c1-21(16-42-20-37-40-41-42)47-30-12-22(2-3-23(30)13-34)24-14-35-32(36-15-24)38-29-17-43(39-31(29)46-11-10-33)25-4-6-26(7-5-25)44-27-8-9-28(44)19-45-18-27/h2-3,12,14-15,17,20-21,25-28H,4-9,11,16,18-19H2,1H3,(H,35,36,38)/t21?,25?,26?,27-,28+. The molecule has 0 spiro atoms. The summed E-state index contributed by atoms with van der Waals surface area (Å²) in [6, 6.07) is 11.5. The summed E-state index contributed by atoms with van der Waals surface area (Å²) in [7, 11) is 0. The van der Waals surface area contributed by atoms with Crippen LogP contribution in [0.1, 0.15) is 57.1 Å². The Morgan fingerprint density at radius 1 is 1.00 bits per heavy atom. The van der Waals surface area contributed by atoms with Gasteiger partial charge in [0.1, 0.15) is 36.0 Å². The Balaban J connectivity index is 1.02. The van der Waals surface area contributed by atoms with E-state index < -0.39 is 0 Å². The van der Waals surface area contributed by atoms with Gasteiger partial charge in [0.05, 0.1) is 37.6 Å². The Morgan fingerprint density at radius 3 is 2.45 bits per heavy atom. The third kappa shape index (κ3) is 6.72. The second kappa shape index (κ2) is 13.7. The van der Waals surface area contributed by atoms with Crippen molar-refractivity contribution in [3.05, 3.63) is 48.7 Å². The van der Waals surface area contributed by atoms with Crippen LogP contribution in [0.5, 0.6) is 11.6 Å². The van der Waals surface area contributed by atoms with E-state index in [9.17, 15) is 5.26 Å². The second-order valence-electron chi connectivity index (χ2n) is 12.3. The van der Waals surface area contributed by atoms with Crippen molar-refractivity contribution in [2.45, 2.75) is 82.3 Å². The van der Waals surface area contributed by atoms with Crippen LogP contribution >= 0.6 is 0 Å². The molecule has 0 amide bonds. The molecule has 1 saturated carbocycles. The fourth-order valence-corrected chi connectivity index (χ4v) is 7.07. The van der Waals surface area contributed by atoms with E-state index in [1.165, 1.54) is 19.2 Å². The van der Waals surface area contributed by atoms with E-state index in [0.29, 0.717) is 53.5 Å². The minimum atomic E-state index is -0.281. The van der Waals surface area contributed by atoms with Crippen LogP contribution in [0.4, 0.5) is 11.6 Å². The lowest BCUT2D eigenvalue weighted by Crippen LogP contribution is -2.52. The number of ether oxygens (including phenoxy) is 3. The van der Waals surface area contributed by atoms with Crippen LogP contribution in [-0.2, 0) is 11.3 Å². The summed E-state index contributed by atoms with van der Waals surface area (Å²) in [4.78, 5) is 11.8. The maximum atomic E-state index is 9.63. The van der Waals surface area contributed by atoms with E-state index in [2.05, 4.69) is 41.8 Å². The van der Waals surface area contributed by atoms with Gasteiger partial charge in [0.2, 0.25) is 5.95 Å². The number of fused-ring (bicyclic) bond motifs is 2. The van der Waals surface area contributed by atoms with Gasteiger partial charge in [-0.05, 0) is 73.6 Å². The molecule has 2 aliphatic heterocycles. The highest BCUT2D eigenvalue weighted by Gasteiger charge is 2.42. The lowest BCUT2D eigenvalue weighted by Gasteiger charge is -2.43. The zero-order chi connectivity index (χ0) is 32.2. The summed E-state index contributed by atoms with van der Waals surface area (Å²) in [5.74, 6) is 1.16. The van der Waals surface area contributed by atoms with Crippen LogP contribution in [0.15, 0.2) is 43.1 Å². The third-order valence-electron chi connectivity index (χ3n) is 9.23. The number of tetrazole rings is 1. The molecule has 2 saturated heterocycles. The lowest BCUT2D eigenvalue weighted by molar-refractivity contribution is -0.0458. The number of benzene rings is 1. The van der Waals surface area contributed by atoms with Crippen molar-refractivity contribution in [3.8, 4) is 34.9 Å². The van der Waals surface area contributed by atoms with Crippen molar-refractivity contribution in [1.82, 2.24) is 44.9 Å². The maximum absolute atomic E-state index is 9.63. The molecule has 3 atom stereocenters. The summed E-state index contributed by atoms with van der Waals surface area (Å²) < 4.78 is 21.1. The number of nitrogens with zero attached hydrogens (tertiary/aromatic N) is 11. The summed E-state index contributed by atoms with van der Waals surface area (Å²) >= 11 is 0. The van der Waals surface area contributed by atoms with Gasteiger partial charge in [0, 0.05) is 36.1 Å².